The fraction of sp³-hybridized carbons (Fsp3) is 0.280. The van der Waals surface area contributed by atoms with E-state index in [2.05, 4.69) is 28.8 Å². The van der Waals surface area contributed by atoms with E-state index in [1.807, 2.05) is 39.4 Å². The number of hydrogen-bond donors (Lipinski definition) is 2. The summed E-state index contributed by atoms with van der Waals surface area (Å²) in [7, 11) is 0. The normalized spacial score (nSPS) is 15.2. The molecule has 1 atom stereocenters. The Kier molecular flexibility index (Phi) is 7.83. The molecule has 0 radical (unpaired) electrons. The highest BCUT2D eigenvalue weighted by Gasteiger charge is 2.24. The van der Waals surface area contributed by atoms with E-state index < -0.39 is 0 Å². The molecule has 2 amide bonds. The van der Waals surface area contributed by atoms with Gasteiger partial charge in [0.05, 0.1) is 19.1 Å². The third-order valence-corrected chi connectivity index (χ3v) is 6.58. The second-order valence-corrected chi connectivity index (χ2v) is 8.93. The molecule has 2 N–H and O–H groups in total. The Morgan fingerprint density at radius 1 is 0.939 bits per heavy atom. The second-order valence-electron chi connectivity index (χ2n) is 7.95. The van der Waals surface area contributed by atoms with Gasteiger partial charge in [-0.2, -0.15) is 0 Å². The van der Waals surface area contributed by atoms with Gasteiger partial charge in [0, 0.05) is 36.7 Å². The van der Waals surface area contributed by atoms with Crippen molar-refractivity contribution in [3.05, 3.63) is 88.4 Å². The Hall–Kier alpha value is -3.07. The van der Waals surface area contributed by atoms with Crippen LogP contribution >= 0.6 is 11.3 Å². The van der Waals surface area contributed by atoms with Crippen LogP contribution in [0.4, 0.5) is 10.1 Å². The number of carbonyl (C=O) groups excluding carboxylic acids is 2. The molecule has 0 saturated carbocycles. The summed E-state index contributed by atoms with van der Waals surface area (Å²) in [6.07, 6.45) is 0. The van der Waals surface area contributed by atoms with Crippen LogP contribution in [0.3, 0.4) is 0 Å². The lowest BCUT2D eigenvalue weighted by Gasteiger charge is -2.34. The lowest BCUT2D eigenvalue weighted by molar-refractivity contribution is -0.132. The molecule has 33 heavy (non-hydrogen) atoms. The molecule has 0 spiro atoms. The second kappa shape index (κ2) is 11.2. The number of piperazine rings is 1. The van der Waals surface area contributed by atoms with E-state index in [1.165, 1.54) is 29.1 Å². The lowest BCUT2D eigenvalue weighted by atomic mass is 10.1. The Bertz CT molecular complexity index is 1040. The van der Waals surface area contributed by atoms with Crippen molar-refractivity contribution in [2.24, 2.45) is 0 Å². The Morgan fingerprint density at radius 2 is 1.67 bits per heavy atom. The minimum absolute atomic E-state index is 0.0217. The first-order chi connectivity index (χ1) is 16.1. The van der Waals surface area contributed by atoms with Crippen LogP contribution in [-0.2, 0) is 9.59 Å². The van der Waals surface area contributed by atoms with E-state index in [4.69, 9.17) is 0 Å². The third-order valence-electron chi connectivity index (χ3n) is 5.64. The van der Waals surface area contributed by atoms with Crippen molar-refractivity contribution < 1.29 is 14.0 Å². The van der Waals surface area contributed by atoms with Gasteiger partial charge in [-0.05, 0) is 41.3 Å². The molecule has 0 unspecified atom stereocenters. The van der Waals surface area contributed by atoms with Crippen molar-refractivity contribution in [2.75, 3.05) is 44.6 Å². The molecule has 172 valence electrons. The van der Waals surface area contributed by atoms with E-state index >= 15 is 0 Å². The first-order valence-corrected chi connectivity index (χ1v) is 11.8. The molecule has 1 aromatic heterocycles. The molecule has 8 heteroatoms. The standard InChI is InChI=1S/C25H27FN4O2S/c26-20-8-10-21(11-9-20)28-23(31)18-29-12-14-30(15-13-29)24(32)17-27-25(22-7-4-16-33-22)19-5-2-1-3-6-19/h1-11,16,25,27H,12-15,17-18H2,(H,28,31)/t25-/m1/s1. The van der Waals surface area contributed by atoms with Crippen LogP contribution in [0.5, 0.6) is 0 Å². The van der Waals surface area contributed by atoms with Gasteiger partial charge in [0.2, 0.25) is 11.8 Å². The summed E-state index contributed by atoms with van der Waals surface area (Å²) in [5.41, 5.74) is 1.70. The predicted octanol–water partition coefficient (Wildman–Crippen LogP) is 3.35. The number of anilines is 1. The zero-order chi connectivity index (χ0) is 23.0. The number of amides is 2. The molecule has 6 nitrogen and oxygen atoms in total. The molecule has 1 fully saturated rings. The van der Waals surface area contributed by atoms with Gasteiger partial charge in [0.15, 0.2) is 0 Å². The summed E-state index contributed by atoms with van der Waals surface area (Å²) in [4.78, 5) is 30.1. The fourth-order valence-electron chi connectivity index (χ4n) is 3.88. The van der Waals surface area contributed by atoms with Crippen molar-refractivity contribution >= 4 is 28.8 Å². The monoisotopic (exact) mass is 466 g/mol. The van der Waals surface area contributed by atoms with E-state index in [0.717, 1.165) is 5.56 Å². The van der Waals surface area contributed by atoms with Crippen LogP contribution < -0.4 is 10.6 Å². The smallest absolute Gasteiger partial charge is 0.238 e. The van der Waals surface area contributed by atoms with Gasteiger partial charge >= 0.3 is 0 Å². The topological polar surface area (TPSA) is 64.7 Å². The number of thiophene rings is 1. The molecule has 2 heterocycles. The molecular formula is C25H27FN4O2S. The number of rotatable bonds is 8. The highest BCUT2D eigenvalue weighted by atomic mass is 32.1. The summed E-state index contributed by atoms with van der Waals surface area (Å²) < 4.78 is 13.0. The van der Waals surface area contributed by atoms with Gasteiger partial charge < -0.3 is 10.2 Å². The van der Waals surface area contributed by atoms with Gasteiger partial charge in [-0.15, -0.1) is 11.3 Å². The van der Waals surface area contributed by atoms with Crippen LogP contribution in [0.25, 0.3) is 0 Å². The van der Waals surface area contributed by atoms with E-state index in [1.54, 1.807) is 11.3 Å². The molecule has 1 aliphatic rings. The molecule has 2 aromatic carbocycles. The van der Waals surface area contributed by atoms with Crippen LogP contribution in [0.15, 0.2) is 72.1 Å². The van der Waals surface area contributed by atoms with Gasteiger partial charge in [0.25, 0.3) is 0 Å². The summed E-state index contributed by atoms with van der Waals surface area (Å²) in [6.45, 7) is 2.93. The van der Waals surface area contributed by atoms with Crippen LogP contribution in [0, 0.1) is 5.82 Å². The third kappa shape index (κ3) is 6.47. The van der Waals surface area contributed by atoms with Crippen molar-refractivity contribution in [2.45, 2.75) is 6.04 Å². The predicted molar refractivity (Wildman–Crippen MR) is 129 cm³/mol. The number of benzene rings is 2. The van der Waals surface area contributed by atoms with Crippen molar-refractivity contribution in [1.29, 1.82) is 0 Å². The minimum atomic E-state index is -0.339. The number of hydrogen-bond acceptors (Lipinski definition) is 5. The maximum absolute atomic E-state index is 13.0. The number of carbonyl (C=O) groups is 2. The van der Waals surface area contributed by atoms with E-state index in [0.29, 0.717) is 31.9 Å². The summed E-state index contributed by atoms with van der Waals surface area (Å²) in [5, 5.41) is 8.24. The number of nitrogens with one attached hydrogen (secondary N) is 2. The number of nitrogens with zero attached hydrogens (tertiary/aromatic N) is 2. The average molecular weight is 467 g/mol. The largest absolute Gasteiger partial charge is 0.339 e. The Labute approximate surface area is 197 Å². The molecule has 1 saturated heterocycles. The summed E-state index contributed by atoms with van der Waals surface area (Å²) in [5.74, 6) is -0.429. The SMILES string of the molecule is O=C(CN1CCN(C(=O)CN[C@H](c2ccccc2)c2cccs2)CC1)Nc1ccc(F)cc1. The fourth-order valence-corrected chi connectivity index (χ4v) is 4.70. The van der Waals surface area contributed by atoms with Crippen LogP contribution in [-0.4, -0.2) is 60.9 Å². The average Bonchev–Trinajstić information content (AvgIpc) is 3.36. The molecule has 4 rings (SSSR count). The lowest BCUT2D eigenvalue weighted by Crippen LogP contribution is -2.52. The van der Waals surface area contributed by atoms with Crippen LogP contribution in [0.1, 0.15) is 16.5 Å². The maximum Gasteiger partial charge on any atom is 0.238 e. The molecule has 3 aromatic rings. The minimum Gasteiger partial charge on any atom is -0.339 e. The molecule has 0 bridgehead atoms. The first-order valence-electron chi connectivity index (χ1n) is 11.0. The van der Waals surface area contributed by atoms with Crippen molar-refractivity contribution in [3.8, 4) is 0 Å². The van der Waals surface area contributed by atoms with Crippen LogP contribution in [0.2, 0.25) is 0 Å². The highest BCUT2D eigenvalue weighted by molar-refractivity contribution is 7.10. The van der Waals surface area contributed by atoms with Crippen molar-refractivity contribution in [1.82, 2.24) is 15.1 Å². The first kappa shape index (κ1) is 23.1. The van der Waals surface area contributed by atoms with E-state index in [9.17, 15) is 14.0 Å². The zero-order valence-electron chi connectivity index (χ0n) is 18.2. The zero-order valence-corrected chi connectivity index (χ0v) is 19.1. The molecular weight excluding hydrogens is 439 g/mol. The highest BCUT2D eigenvalue weighted by Crippen LogP contribution is 2.25. The Balaban J connectivity index is 1.24. The van der Waals surface area contributed by atoms with Gasteiger partial charge in [-0.3, -0.25) is 19.8 Å². The summed E-state index contributed by atoms with van der Waals surface area (Å²) >= 11 is 1.67. The Morgan fingerprint density at radius 3 is 2.33 bits per heavy atom. The van der Waals surface area contributed by atoms with Gasteiger partial charge in [-0.25, -0.2) is 4.39 Å². The molecule has 0 aliphatic carbocycles. The summed E-state index contributed by atoms with van der Waals surface area (Å²) in [6, 6.07) is 19.9. The molecule has 1 aliphatic heterocycles. The van der Waals surface area contributed by atoms with Crippen molar-refractivity contribution in [3.63, 3.8) is 0 Å². The van der Waals surface area contributed by atoms with Gasteiger partial charge in [-0.1, -0.05) is 36.4 Å². The quantitative estimate of drug-likeness (QED) is 0.535. The van der Waals surface area contributed by atoms with Gasteiger partial charge in [0.1, 0.15) is 5.82 Å². The number of halogens is 1. The maximum atomic E-state index is 13.0. The van der Waals surface area contributed by atoms with E-state index in [-0.39, 0.29) is 36.8 Å².